The number of ether oxygens (including phenoxy) is 4. The first-order chi connectivity index (χ1) is 13.7. The number of carbonyl (C=O) groups is 2. The second-order valence-electron chi connectivity index (χ2n) is 6.34. The first kappa shape index (κ1) is 18.0. The Kier molecular flexibility index (Phi) is 5.18. The molecule has 0 spiro atoms. The lowest BCUT2D eigenvalue weighted by Crippen LogP contribution is -2.33. The van der Waals surface area contributed by atoms with E-state index in [0.717, 1.165) is 5.56 Å². The molecule has 146 valence electrons. The maximum atomic E-state index is 12.1. The molecule has 0 saturated carbocycles. The number of benzene rings is 2. The van der Waals surface area contributed by atoms with Crippen LogP contribution in [0.15, 0.2) is 36.4 Å². The van der Waals surface area contributed by atoms with Crippen LogP contribution < -0.4 is 29.6 Å². The molecule has 2 aromatic rings. The lowest BCUT2D eigenvalue weighted by molar-refractivity contribution is -0.123. The number of carbonyl (C=O) groups excluding carboxylic acids is 2. The van der Waals surface area contributed by atoms with E-state index in [1.807, 2.05) is 6.07 Å². The largest absolute Gasteiger partial charge is 0.486 e. The topological polar surface area (TPSA) is 95.1 Å². The summed E-state index contributed by atoms with van der Waals surface area (Å²) >= 11 is 0. The van der Waals surface area contributed by atoms with E-state index < -0.39 is 0 Å². The van der Waals surface area contributed by atoms with E-state index in [9.17, 15) is 9.59 Å². The van der Waals surface area contributed by atoms with Gasteiger partial charge in [-0.3, -0.25) is 9.59 Å². The van der Waals surface area contributed by atoms with Crippen molar-refractivity contribution < 1.29 is 28.5 Å². The van der Waals surface area contributed by atoms with Gasteiger partial charge in [-0.05, 0) is 29.8 Å². The fourth-order valence-electron chi connectivity index (χ4n) is 2.95. The minimum atomic E-state index is -0.327. The normalized spacial score (nSPS) is 14.1. The van der Waals surface area contributed by atoms with Gasteiger partial charge in [0.05, 0.1) is 13.0 Å². The molecule has 0 saturated heterocycles. The lowest BCUT2D eigenvalue weighted by atomic mass is 10.1. The second-order valence-corrected chi connectivity index (χ2v) is 6.34. The van der Waals surface area contributed by atoms with Gasteiger partial charge in [0.1, 0.15) is 26.4 Å². The number of hydrogen-bond donors (Lipinski definition) is 2. The molecule has 2 aliphatic rings. The molecule has 2 aliphatic heterocycles. The Labute approximate surface area is 161 Å². The zero-order valence-corrected chi connectivity index (χ0v) is 15.2. The molecule has 2 heterocycles. The van der Waals surface area contributed by atoms with Crippen molar-refractivity contribution >= 4 is 17.5 Å². The van der Waals surface area contributed by atoms with Crippen molar-refractivity contribution in [3.8, 4) is 23.0 Å². The molecule has 0 atom stereocenters. The van der Waals surface area contributed by atoms with Crippen LogP contribution in [0.5, 0.6) is 23.0 Å². The minimum absolute atomic E-state index is 0.127. The van der Waals surface area contributed by atoms with Crippen molar-refractivity contribution in [1.29, 1.82) is 0 Å². The van der Waals surface area contributed by atoms with Gasteiger partial charge in [0.2, 0.25) is 11.8 Å². The molecule has 0 radical (unpaired) electrons. The maximum absolute atomic E-state index is 12.1. The second kappa shape index (κ2) is 8.08. The van der Waals surface area contributed by atoms with Gasteiger partial charge >= 0.3 is 0 Å². The summed E-state index contributed by atoms with van der Waals surface area (Å²) in [4.78, 5) is 24.2. The van der Waals surface area contributed by atoms with Crippen LogP contribution in [0.25, 0.3) is 0 Å². The first-order valence-corrected chi connectivity index (χ1v) is 9.02. The first-order valence-electron chi connectivity index (χ1n) is 9.02. The third kappa shape index (κ3) is 4.28. The van der Waals surface area contributed by atoms with E-state index in [0.29, 0.717) is 55.1 Å². The van der Waals surface area contributed by atoms with Crippen LogP contribution >= 0.6 is 0 Å². The van der Waals surface area contributed by atoms with E-state index in [-0.39, 0.29) is 24.8 Å². The predicted octanol–water partition coefficient (Wildman–Crippen LogP) is 1.53. The predicted molar refractivity (Wildman–Crippen MR) is 100 cm³/mol. The maximum Gasteiger partial charge on any atom is 0.243 e. The summed E-state index contributed by atoms with van der Waals surface area (Å²) in [5.74, 6) is 1.96. The van der Waals surface area contributed by atoms with Crippen LogP contribution in [-0.4, -0.2) is 44.8 Å². The van der Waals surface area contributed by atoms with E-state index in [2.05, 4.69) is 10.6 Å². The third-order valence-electron chi connectivity index (χ3n) is 4.24. The van der Waals surface area contributed by atoms with E-state index in [1.54, 1.807) is 30.3 Å². The number of hydrogen-bond acceptors (Lipinski definition) is 6. The van der Waals surface area contributed by atoms with Crippen LogP contribution in [0.1, 0.15) is 5.56 Å². The molecule has 2 aromatic carbocycles. The lowest BCUT2D eigenvalue weighted by Gasteiger charge is -2.19. The van der Waals surface area contributed by atoms with Crippen LogP contribution in [0, 0.1) is 0 Å². The van der Waals surface area contributed by atoms with Crippen LogP contribution in [0.3, 0.4) is 0 Å². The summed E-state index contributed by atoms with van der Waals surface area (Å²) in [5, 5.41) is 5.34. The molecule has 2 amide bonds. The monoisotopic (exact) mass is 384 g/mol. The Morgan fingerprint density at radius 3 is 2.07 bits per heavy atom. The Bertz CT molecular complexity index is 825. The number of rotatable bonds is 5. The van der Waals surface area contributed by atoms with Crippen molar-refractivity contribution in [2.24, 2.45) is 0 Å². The van der Waals surface area contributed by atoms with Gasteiger partial charge in [-0.1, -0.05) is 6.07 Å². The highest BCUT2D eigenvalue weighted by Gasteiger charge is 2.15. The number of fused-ring (bicyclic) bond motifs is 2. The number of nitrogens with one attached hydrogen (secondary N) is 2. The van der Waals surface area contributed by atoms with Gasteiger partial charge in [0.15, 0.2) is 23.0 Å². The van der Waals surface area contributed by atoms with Crippen LogP contribution in [0.4, 0.5) is 5.69 Å². The highest BCUT2D eigenvalue weighted by molar-refractivity contribution is 5.95. The van der Waals surface area contributed by atoms with Crippen molar-refractivity contribution in [3.05, 3.63) is 42.0 Å². The zero-order valence-electron chi connectivity index (χ0n) is 15.2. The van der Waals surface area contributed by atoms with E-state index in [4.69, 9.17) is 18.9 Å². The summed E-state index contributed by atoms with van der Waals surface area (Å²) in [6, 6.07) is 10.5. The molecule has 4 rings (SSSR count). The van der Waals surface area contributed by atoms with Gasteiger partial charge in [0.25, 0.3) is 0 Å². The van der Waals surface area contributed by atoms with Crippen LogP contribution in [0.2, 0.25) is 0 Å². The summed E-state index contributed by atoms with van der Waals surface area (Å²) in [6.07, 6.45) is 0.147. The minimum Gasteiger partial charge on any atom is -0.486 e. The fourth-order valence-corrected chi connectivity index (χ4v) is 2.95. The highest BCUT2D eigenvalue weighted by atomic mass is 16.6. The molecule has 0 bridgehead atoms. The van der Waals surface area contributed by atoms with Crippen molar-refractivity contribution in [2.75, 3.05) is 38.3 Å². The Morgan fingerprint density at radius 2 is 1.36 bits per heavy atom. The van der Waals surface area contributed by atoms with Gasteiger partial charge in [-0.25, -0.2) is 0 Å². The SMILES string of the molecule is O=C(Cc1ccc2c(c1)OCCO2)NCC(=O)Nc1ccc2c(c1)OCCO2. The molecule has 0 aromatic heterocycles. The van der Waals surface area contributed by atoms with Crippen molar-refractivity contribution in [2.45, 2.75) is 6.42 Å². The molecular weight excluding hydrogens is 364 g/mol. The fraction of sp³-hybridized carbons (Fsp3) is 0.300. The smallest absolute Gasteiger partial charge is 0.243 e. The molecule has 28 heavy (non-hydrogen) atoms. The summed E-state index contributed by atoms with van der Waals surface area (Å²) in [7, 11) is 0. The Morgan fingerprint density at radius 1 is 0.750 bits per heavy atom. The van der Waals surface area contributed by atoms with Gasteiger partial charge in [0, 0.05) is 11.8 Å². The van der Waals surface area contributed by atoms with Gasteiger partial charge in [-0.15, -0.1) is 0 Å². The molecule has 0 fully saturated rings. The van der Waals surface area contributed by atoms with Gasteiger partial charge in [-0.2, -0.15) is 0 Å². The van der Waals surface area contributed by atoms with E-state index >= 15 is 0 Å². The third-order valence-corrected chi connectivity index (χ3v) is 4.24. The molecule has 0 unspecified atom stereocenters. The summed E-state index contributed by atoms with van der Waals surface area (Å²) in [6.45, 7) is 1.86. The zero-order chi connectivity index (χ0) is 19.3. The summed E-state index contributed by atoms with van der Waals surface area (Å²) in [5.41, 5.74) is 1.37. The van der Waals surface area contributed by atoms with E-state index in [1.165, 1.54) is 0 Å². The number of amides is 2. The standard InChI is InChI=1S/C20H20N2O6/c23-19(10-13-1-3-15-17(9-13)27-7-5-25-15)21-12-20(24)22-14-2-4-16-18(11-14)28-8-6-26-16/h1-4,9,11H,5-8,10,12H2,(H,21,23)(H,22,24). The molecule has 0 aliphatic carbocycles. The van der Waals surface area contributed by atoms with Crippen molar-refractivity contribution in [3.63, 3.8) is 0 Å². The average Bonchev–Trinajstić information content (AvgIpc) is 2.72. The van der Waals surface area contributed by atoms with Crippen molar-refractivity contribution in [1.82, 2.24) is 5.32 Å². The highest BCUT2D eigenvalue weighted by Crippen LogP contribution is 2.32. The Balaban J connectivity index is 1.27. The average molecular weight is 384 g/mol. The molecule has 8 heteroatoms. The summed E-state index contributed by atoms with van der Waals surface area (Å²) < 4.78 is 21.9. The quantitative estimate of drug-likeness (QED) is 0.812. The van der Waals surface area contributed by atoms with Crippen LogP contribution in [-0.2, 0) is 16.0 Å². The molecular formula is C20H20N2O6. The Hall–Kier alpha value is -3.42. The number of anilines is 1. The van der Waals surface area contributed by atoms with Gasteiger partial charge < -0.3 is 29.6 Å². The molecule has 8 nitrogen and oxygen atoms in total. The molecule has 2 N–H and O–H groups in total.